The smallest absolute Gasteiger partial charge is 0.303 e. The molecule has 39 heavy (non-hydrogen) atoms. The van der Waals surface area contributed by atoms with Crippen molar-refractivity contribution in [3.05, 3.63) is 35.3 Å². The number of esters is 1. The van der Waals surface area contributed by atoms with Gasteiger partial charge < -0.3 is 33.9 Å². The number of nitrogens with one attached hydrogen (secondary N) is 1. The molecular weight excluding hydrogens is 506 g/mol. The molecule has 2 aliphatic heterocycles. The number of hydrogen-bond acceptors (Lipinski definition) is 9. The van der Waals surface area contributed by atoms with E-state index < -0.39 is 17.5 Å². The fourth-order valence-corrected chi connectivity index (χ4v) is 4.90. The maximum Gasteiger partial charge on any atom is 0.303 e. The van der Waals surface area contributed by atoms with Crippen LogP contribution in [0.4, 0.5) is 11.5 Å². The van der Waals surface area contributed by atoms with Crippen molar-refractivity contribution in [2.75, 3.05) is 56.1 Å². The second-order valence-corrected chi connectivity index (χ2v) is 10.2. The number of nitrogens with zero attached hydrogens (tertiary/aromatic N) is 4. The number of carbonyl (C=O) groups is 4. The Bertz CT molecular complexity index is 1260. The van der Waals surface area contributed by atoms with Crippen molar-refractivity contribution >= 4 is 35.2 Å². The zero-order valence-corrected chi connectivity index (χ0v) is 23.0. The van der Waals surface area contributed by atoms with Gasteiger partial charge in [-0.05, 0) is 32.9 Å². The number of pyridine rings is 1. The number of fused-ring (bicyclic) bond motifs is 1. The standard InChI is InChI=1S/C27H35N5O7/c1-6-37-25-20(7-8-22(29-25)31-13-11-30(12-14-31)17(2)33)28-24(35)19-15-38-21-9-10-32(26(36)23(19)21)16-27(4,5)39-18(3)34/h7-8,15H,6,9-14,16H2,1-5H3,(H,28,35). The van der Waals surface area contributed by atoms with E-state index in [0.717, 1.165) is 0 Å². The van der Waals surface area contributed by atoms with Gasteiger partial charge in [-0.1, -0.05) is 0 Å². The summed E-state index contributed by atoms with van der Waals surface area (Å²) in [6.45, 7) is 11.5. The average Bonchev–Trinajstić information content (AvgIpc) is 3.31. The Balaban J connectivity index is 1.50. The van der Waals surface area contributed by atoms with Crippen molar-refractivity contribution < 1.29 is 33.1 Å². The minimum atomic E-state index is -0.885. The zero-order valence-electron chi connectivity index (χ0n) is 23.0. The number of amides is 3. The Labute approximate surface area is 227 Å². The largest absolute Gasteiger partial charge is 0.476 e. The van der Waals surface area contributed by atoms with Gasteiger partial charge in [0.15, 0.2) is 0 Å². The van der Waals surface area contributed by atoms with Crippen molar-refractivity contribution in [1.82, 2.24) is 14.8 Å². The number of rotatable bonds is 8. The molecule has 210 valence electrons. The molecule has 0 aliphatic carbocycles. The van der Waals surface area contributed by atoms with E-state index in [9.17, 15) is 19.2 Å². The molecule has 0 spiro atoms. The Hall–Kier alpha value is -4.09. The van der Waals surface area contributed by atoms with E-state index >= 15 is 0 Å². The van der Waals surface area contributed by atoms with Crippen LogP contribution in [-0.2, 0) is 20.7 Å². The molecule has 3 amide bonds. The van der Waals surface area contributed by atoms with E-state index in [0.29, 0.717) is 63.0 Å². The number of hydrogen-bond donors (Lipinski definition) is 1. The summed E-state index contributed by atoms with van der Waals surface area (Å²) in [4.78, 5) is 59.8. The maximum absolute atomic E-state index is 13.4. The third-order valence-corrected chi connectivity index (χ3v) is 6.64. The Kier molecular flexibility index (Phi) is 8.12. The maximum atomic E-state index is 13.4. The van der Waals surface area contributed by atoms with E-state index in [1.165, 1.54) is 13.2 Å². The highest BCUT2D eigenvalue weighted by atomic mass is 16.6. The molecule has 2 aliphatic rings. The van der Waals surface area contributed by atoms with Crippen LogP contribution >= 0.6 is 0 Å². The summed E-state index contributed by atoms with van der Waals surface area (Å²) in [7, 11) is 0. The predicted octanol–water partition coefficient (Wildman–Crippen LogP) is 2.33. The van der Waals surface area contributed by atoms with Crippen LogP contribution in [-0.4, -0.2) is 90.0 Å². The number of ether oxygens (including phenoxy) is 2. The van der Waals surface area contributed by atoms with Gasteiger partial charge in [-0.25, -0.2) is 0 Å². The van der Waals surface area contributed by atoms with Gasteiger partial charge in [0.05, 0.1) is 24.3 Å². The first kappa shape index (κ1) is 27.9. The molecule has 1 saturated heterocycles. The van der Waals surface area contributed by atoms with Crippen LogP contribution in [0.3, 0.4) is 0 Å². The van der Waals surface area contributed by atoms with Gasteiger partial charge in [-0.15, -0.1) is 0 Å². The van der Waals surface area contributed by atoms with Crippen molar-refractivity contribution in [3.63, 3.8) is 0 Å². The molecule has 0 unspecified atom stereocenters. The van der Waals surface area contributed by atoms with E-state index in [1.807, 2.05) is 6.92 Å². The number of furan rings is 1. The highest BCUT2D eigenvalue weighted by Gasteiger charge is 2.36. The van der Waals surface area contributed by atoms with Gasteiger partial charge in [0, 0.05) is 53.0 Å². The highest BCUT2D eigenvalue weighted by molar-refractivity contribution is 6.13. The fourth-order valence-electron chi connectivity index (χ4n) is 4.90. The van der Waals surface area contributed by atoms with Gasteiger partial charge in [-0.2, -0.15) is 4.98 Å². The van der Waals surface area contributed by atoms with Crippen molar-refractivity contribution in [2.24, 2.45) is 0 Å². The first-order chi connectivity index (χ1) is 18.5. The minimum Gasteiger partial charge on any atom is -0.476 e. The summed E-state index contributed by atoms with van der Waals surface area (Å²) in [5.74, 6) is 0.101. The fraction of sp³-hybridized carbons (Fsp3) is 0.519. The van der Waals surface area contributed by atoms with Crippen molar-refractivity contribution in [2.45, 2.75) is 46.6 Å². The summed E-state index contributed by atoms with van der Waals surface area (Å²) in [6, 6.07) is 3.50. The molecule has 0 saturated carbocycles. The molecule has 1 N–H and O–H groups in total. The first-order valence-electron chi connectivity index (χ1n) is 13.0. The third kappa shape index (κ3) is 6.32. The monoisotopic (exact) mass is 541 g/mol. The van der Waals surface area contributed by atoms with E-state index in [-0.39, 0.29) is 35.4 Å². The molecule has 2 aromatic rings. The van der Waals surface area contributed by atoms with Gasteiger partial charge in [-0.3, -0.25) is 19.2 Å². The summed E-state index contributed by atoms with van der Waals surface area (Å²) in [5.41, 5.74) is -0.219. The highest BCUT2D eigenvalue weighted by Crippen LogP contribution is 2.30. The summed E-state index contributed by atoms with van der Waals surface area (Å²) >= 11 is 0. The number of aromatic nitrogens is 1. The molecular formula is C27H35N5O7. The van der Waals surface area contributed by atoms with Gasteiger partial charge >= 0.3 is 5.97 Å². The number of anilines is 2. The topological polar surface area (TPSA) is 135 Å². The number of carbonyl (C=O) groups excluding carboxylic acids is 4. The van der Waals surface area contributed by atoms with Crippen LogP contribution in [0.1, 0.15) is 61.1 Å². The van der Waals surface area contributed by atoms with Crippen molar-refractivity contribution in [3.8, 4) is 5.88 Å². The van der Waals surface area contributed by atoms with Crippen LogP contribution in [0.5, 0.6) is 5.88 Å². The second kappa shape index (κ2) is 11.3. The van der Waals surface area contributed by atoms with Crippen LogP contribution in [0.25, 0.3) is 0 Å². The Morgan fingerprint density at radius 2 is 1.82 bits per heavy atom. The molecule has 0 bridgehead atoms. The lowest BCUT2D eigenvalue weighted by Crippen LogP contribution is -2.48. The van der Waals surface area contributed by atoms with Crippen LogP contribution in [0.15, 0.2) is 22.8 Å². The van der Waals surface area contributed by atoms with E-state index in [4.69, 9.17) is 13.9 Å². The Morgan fingerprint density at radius 3 is 2.46 bits per heavy atom. The molecule has 12 nitrogen and oxygen atoms in total. The van der Waals surface area contributed by atoms with Gasteiger partial charge in [0.1, 0.15) is 29.1 Å². The van der Waals surface area contributed by atoms with E-state index in [2.05, 4.69) is 15.2 Å². The molecule has 12 heteroatoms. The zero-order chi connectivity index (χ0) is 28.3. The first-order valence-corrected chi connectivity index (χ1v) is 13.0. The summed E-state index contributed by atoms with van der Waals surface area (Å²) in [5, 5.41) is 2.81. The molecule has 0 atom stereocenters. The van der Waals surface area contributed by atoms with Crippen LogP contribution < -0.4 is 15.0 Å². The summed E-state index contributed by atoms with van der Waals surface area (Å²) < 4.78 is 16.7. The van der Waals surface area contributed by atoms with Crippen LogP contribution in [0, 0.1) is 0 Å². The second-order valence-electron chi connectivity index (χ2n) is 10.2. The third-order valence-electron chi connectivity index (χ3n) is 6.64. The minimum absolute atomic E-state index is 0.0480. The van der Waals surface area contributed by atoms with Crippen LogP contribution in [0.2, 0.25) is 0 Å². The lowest BCUT2D eigenvalue weighted by atomic mass is 10.0. The molecule has 4 heterocycles. The van der Waals surface area contributed by atoms with Gasteiger partial charge in [0.2, 0.25) is 11.8 Å². The number of piperazine rings is 1. The summed E-state index contributed by atoms with van der Waals surface area (Å²) in [6.07, 6.45) is 1.72. The van der Waals surface area contributed by atoms with E-state index in [1.54, 1.807) is 42.7 Å². The van der Waals surface area contributed by atoms with Gasteiger partial charge in [0.25, 0.3) is 11.8 Å². The SMILES string of the molecule is CCOc1nc(N2CCN(C(C)=O)CC2)ccc1NC(=O)c1coc2c1C(=O)N(CC(C)(C)OC(C)=O)CC2. The molecule has 1 fully saturated rings. The lowest BCUT2D eigenvalue weighted by Gasteiger charge is -2.35. The molecule has 0 radical (unpaired) electrons. The average molecular weight is 542 g/mol. The molecule has 4 rings (SSSR count). The molecule has 0 aromatic carbocycles. The quantitative estimate of drug-likeness (QED) is 0.500. The van der Waals surface area contributed by atoms with Crippen molar-refractivity contribution in [1.29, 1.82) is 0 Å². The lowest BCUT2D eigenvalue weighted by molar-refractivity contribution is -0.154. The molecule has 2 aromatic heterocycles. The predicted molar refractivity (Wildman–Crippen MR) is 142 cm³/mol. The normalized spacial score (nSPS) is 15.6. The Morgan fingerprint density at radius 1 is 1.10 bits per heavy atom.